The number of fused-ring (bicyclic) bond motifs is 1. The molecule has 2 aromatic carbocycles. The molecule has 0 radical (unpaired) electrons. The van der Waals surface area contributed by atoms with Crippen LogP contribution in [0.25, 0.3) is 0 Å². The van der Waals surface area contributed by atoms with Gasteiger partial charge in [-0.3, -0.25) is 29.6 Å². The summed E-state index contributed by atoms with van der Waals surface area (Å²) in [6.07, 6.45) is 8.29. The van der Waals surface area contributed by atoms with Gasteiger partial charge in [-0.25, -0.2) is 4.39 Å². The van der Waals surface area contributed by atoms with Crippen molar-refractivity contribution in [3.8, 4) is 0 Å². The lowest BCUT2D eigenvalue weighted by molar-refractivity contribution is -0.136. The van der Waals surface area contributed by atoms with Gasteiger partial charge >= 0.3 is 0 Å². The first-order valence-electron chi connectivity index (χ1n) is 17.3. The number of piperidine rings is 3. The Hall–Kier alpha value is -4.11. The Labute approximate surface area is 275 Å². The quantitative estimate of drug-likeness (QED) is 0.342. The van der Waals surface area contributed by atoms with Crippen LogP contribution in [0.1, 0.15) is 102 Å². The van der Waals surface area contributed by atoms with Crippen LogP contribution in [0.15, 0.2) is 60.8 Å². The number of anilines is 1. The topological polar surface area (TPSA) is 85.9 Å². The molecule has 1 N–H and O–H groups in total. The molecule has 3 amide bonds. The van der Waals surface area contributed by atoms with Gasteiger partial charge < -0.3 is 9.80 Å². The molecule has 47 heavy (non-hydrogen) atoms. The van der Waals surface area contributed by atoms with E-state index in [0.717, 1.165) is 38.0 Å². The Balaban J connectivity index is 0.833. The van der Waals surface area contributed by atoms with E-state index in [9.17, 15) is 14.4 Å². The number of imide groups is 1. The number of halogens is 1. The Kier molecular flexibility index (Phi) is 7.82. The minimum Gasteiger partial charge on any atom is -0.371 e. The number of pyridine rings is 1. The summed E-state index contributed by atoms with van der Waals surface area (Å²) in [6, 6.07) is 18.0. The fraction of sp³-hybridized carbons (Fsp3) is 0.474. The average molecular weight is 636 g/mol. The third-order valence-electron chi connectivity index (χ3n) is 11.2. The molecular weight excluding hydrogens is 593 g/mol. The van der Waals surface area contributed by atoms with Crippen LogP contribution in [-0.2, 0) is 28.3 Å². The number of aromatic nitrogens is 1. The van der Waals surface area contributed by atoms with Crippen LogP contribution in [0, 0.1) is 0 Å². The van der Waals surface area contributed by atoms with Gasteiger partial charge in [-0.2, -0.15) is 0 Å². The zero-order valence-electron chi connectivity index (χ0n) is 26.8. The van der Waals surface area contributed by atoms with Gasteiger partial charge in [0.25, 0.3) is 5.91 Å². The summed E-state index contributed by atoms with van der Waals surface area (Å²) < 4.78 is 16.4. The van der Waals surface area contributed by atoms with E-state index in [1.807, 2.05) is 6.07 Å². The molecule has 1 aliphatic carbocycles. The Morgan fingerprint density at radius 3 is 2.30 bits per heavy atom. The van der Waals surface area contributed by atoms with Gasteiger partial charge in [0.2, 0.25) is 11.8 Å². The predicted octanol–water partition coefficient (Wildman–Crippen LogP) is 5.56. The standard InChI is InChI=1S/C38H42FN5O3/c39-38(30-6-9-32-29(21-30)24-44(37(32)47)34-11-12-35(45)41-36(34)46)15-19-42(20-16-38)23-25-1-7-31(8-2-25)43-17-13-26(14-18-43)28-5-10-33(40-22-28)27-3-4-27/h1-2,5-10,21-22,26-27,34H,3-4,11-20,23-24H2,(H,41,45,46). The second kappa shape index (κ2) is 12.2. The summed E-state index contributed by atoms with van der Waals surface area (Å²) in [6.45, 7) is 4.45. The van der Waals surface area contributed by atoms with Crippen molar-refractivity contribution in [2.24, 2.45) is 0 Å². The number of hydrogen-bond donors (Lipinski definition) is 1. The van der Waals surface area contributed by atoms with Gasteiger partial charge in [0.15, 0.2) is 0 Å². The first-order chi connectivity index (χ1) is 22.8. The number of benzene rings is 2. The maximum Gasteiger partial charge on any atom is 0.255 e. The lowest BCUT2D eigenvalue weighted by Crippen LogP contribution is -2.52. The second-order valence-electron chi connectivity index (χ2n) is 14.2. The number of nitrogens with one attached hydrogen (secondary N) is 1. The van der Waals surface area contributed by atoms with Gasteiger partial charge in [0.1, 0.15) is 11.7 Å². The lowest BCUT2D eigenvalue weighted by atomic mass is 9.84. The lowest BCUT2D eigenvalue weighted by Gasteiger charge is -2.37. The highest BCUT2D eigenvalue weighted by Crippen LogP contribution is 2.41. The van der Waals surface area contributed by atoms with Crippen LogP contribution >= 0.6 is 0 Å². The molecule has 5 aliphatic rings. The molecule has 0 spiro atoms. The number of amides is 3. The van der Waals surface area contributed by atoms with Crippen LogP contribution < -0.4 is 10.2 Å². The van der Waals surface area contributed by atoms with Gasteiger partial charge in [-0.1, -0.05) is 30.3 Å². The van der Waals surface area contributed by atoms with Gasteiger partial charge in [0, 0.05) is 74.7 Å². The first-order valence-corrected chi connectivity index (χ1v) is 17.3. The number of likely N-dealkylation sites (tertiary alicyclic amines) is 1. The Morgan fingerprint density at radius 2 is 1.62 bits per heavy atom. The minimum absolute atomic E-state index is 0.211. The van der Waals surface area contributed by atoms with Crippen molar-refractivity contribution in [3.63, 3.8) is 0 Å². The Bertz CT molecular complexity index is 1670. The maximum absolute atomic E-state index is 16.4. The highest BCUT2D eigenvalue weighted by Gasteiger charge is 2.41. The number of rotatable bonds is 7. The number of carbonyl (C=O) groups is 3. The second-order valence-corrected chi connectivity index (χ2v) is 14.2. The van der Waals surface area contributed by atoms with Gasteiger partial charge in [-0.15, -0.1) is 0 Å². The van der Waals surface area contributed by atoms with Crippen molar-refractivity contribution in [2.75, 3.05) is 31.1 Å². The molecule has 8 nitrogen and oxygen atoms in total. The van der Waals surface area contributed by atoms with Crippen molar-refractivity contribution in [2.45, 2.75) is 88.0 Å². The Morgan fingerprint density at radius 1 is 0.851 bits per heavy atom. The number of alkyl halides is 1. The molecule has 3 aromatic rings. The molecule has 1 atom stereocenters. The molecule has 9 heteroatoms. The summed E-state index contributed by atoms with van der Waals surface area (Å²) in [7, 11) is 0. The minimum atomic E-state index is -1.46. The molecule has 244 valence electrons. The van der Waals surface area contributed by atoms with E-state index in [1.165, 1.54) is 40.2 Å². The van der Waals surface area contributed by atoms with E-state index in [-0.39, 0.29) is 24.8 Å². The van der Waals surface area contributed by atoms with Crippen LogP contribution in [0.3, 0.4) is 0 Å². The van der Waals surface area contributed by atoms with Crippen LogP contribution in [0.2, 0.25) is 0 Å². The molecular formula is C38H42FN5O3. The number of carbonyl (C=O) groups excluding carboxylic acids is 3. The third-order valence-corrected chi connectivity index (χ3v) is 11.2. The zero-order valence-corrected chi connectivity index (χ0v) is 26.8. The molecule has 1 unspecified atom stereocenters. The smallest absolute Gasteiger partial charge is 0.255 e. The molecule has 4 fully saturated rings. The van der Waals surface area contributed by atoms with Crippen molar-refractivity contribution < 1.29 is 18.8 Å². The average Bonchev–Trinajstić information content (AvgIpc) is 3.90. The highest BCUT2D eigenvalue weighted by atomic mass is 19.1. The highest BCUT2D eigenvalue weighted by molar-refractivity contribution is 6.05. The zero-order chi connectivity index (χ0) is 32.1. The van der Waals surface area contributed by atoms with Crippen LogP contribution in [-0.4, -0.2) is 64.7 Å². The number of hydrogen-bond acceptors (Lipinski definition) is 6. The number of nitrogens with zero attached hydrogens (tertiary/aromatic N) is 4. The summed E-state index contributed by atoms with van der Waals surface area (Å²) in [5.74, 6) is 0.309. The molecule has 4 aliphatic heterocycles. The summed E-state index contributed by atoms with van der Waals surface area (Å²) in [5, 5.41) is 2.33. The summed E-state index contributed by atoms with van der Waals surface area (Å²) in [5.41, 5.74) is 5.56. The molecule has 3 saturated heterocycles. The molecule has 8 rings (SSSR count). The van der Waals surface area contributed by atoms with Crippen LogP contribution in [0.5, 0.6) is 0 Å². The third kappa shape index (κ3) is 6.06. The normalized spacial score (nSPS) is 23.6. The summed E-state index contributed by atoms with van der Waals surface area (Å²) >= 11 is 0. The largest absolute Gasteiger partial charge is 0.371 e. The van der Waals surface area contributed by atoms with E-state index in [0.29, 0.717) is 55.3 Å². The maximum atomic E-state index is 16.4. The molecule has 5 heterocycles. The predicted molar refractivity (Wildman–Crippen MR) is 177 cm³/mol. The molecule has 0 bridgehead atoms. The van der Waals surface area contributed by atoms with E-state index in [2.05, 4.69) is 57.7 Å². The van der Waals surface area contributed by atoms with Crippen molar-refractivity contribution in [3.05, 3.63) is 94.3 Å². The first kappa shape index (κ1) is 30.2. The van der Waals surface area contributed by atoms with Crippen LogP contribution in [0.4, 0.5) is 10.1 Å². The van der Waals surface area contributed by atoms with Gasteiger partial charge in [0.05, 0.1) is 0 Å². The van der Waals surface area contributed by atoms with E-state index in [1.54, 1.807) is 12.1 Å². The van der Waals surface area contributed by atoms with Crippen molar-refractivity contribution in [1.29, 1.82) is 0 Å². The van der Waals surface area contributed by atoms with E-state index in [4.69, 9.17) is 4.98 Å². The fourth-order valence-electron chi connectivity index (χ4n) is 8.03. The molecule has 1 saturated carbocycles. The van der Waals surface area contributed by atoms with E-state index >= 15 is 4.39 Å². The SMILES string of the molecule is O=C1CCC(N2Cc3cc(C4(F)CCN(Cc5ccc(N6CCC(c7ccc(C8CC8)nc7)CC6)cc5)CC4)ccc3C2=O)C(=O)N1. The molecule has 1 aromatic heterocycles. The van der Waals surface area contributed by atoms with Crippen molar-refractivity contribution in [1.82, 2.24) is 20.1 Å². The summed E-state index contributed by atoms with van der Waals surface area (Å²) in [4.78, 5) is 48.1. The van der Waals surface area contributed by atoms with E-state index < -0.39 is 17.6 Å². The van der Waals surface area contributed by atoms with Crippen molar-refractivity contribution >= 4 is 23.4 Å². The fourth-order valence-corrected chi connectivity index (χ4v) is 8.03. The monoisotopic (exact) mass is 635 g/mol. The van der Waals surface area contributed by atoms with Gasteiger partial charge in [-0.05, 0) is 97.4 Å².